The fourth-order valence-corrected chi connectivity index (χ4v) is 5.42. The Kier molecular flexibility index (Phi) is 6.11. The predicted octanol–water partition coefficient (Wildman–Crippen LogP) is 2.81. The molecule has 162 valence electrons. The van der Waals surface area contributed by atoms with Crippen LogP contribution in [0.4, 0.5) is 0 Å². The molecule has 0 spiro atoms. The van der Waals surface area contributed by atoms with Crippen molar-refractivity contribution in [3.8, 4) is 0 Å². The summed E-state index contributed by atoms with van der Waals surface area (Å²) in [5, 5.41) is 12.9. The zero-order valence-corrected chi connectivity index (χ0v) is 18.1. The number of nitrogens with zero attached hydrogens (tertiary/aromatic N) is 6. The Morgan fingerprint density at radius 1 is 1.00 bits per heavy atom. The first-order chi connectivity index (χ1) is 14.8. The van der Waals surface area contributed by atoms with E-state index in [0.29, 0.717) is 0 Å². The standard InChI is InChI=1S/C23H34N6O/c1-18-8-10-19(11-9-18)22(23-24-25-26-29(23)17-21-7-4-16-30-21)28-14-12-27(13-15-28)20-5-2-3-6-20/h8-11,20-22H,2-7,12-17H2,1H3/t21-,22-/m0/s1. The molecule has 1 aliphatic carbocycles. The lowest BCUT2D eigenvalue weighted by molar-refractivity contribution is 0.0720. The maximum atomic E-state index is 5.86. The van der Waals surface area contributed by atoms with Crippen LogP contribution in [0.3, 0.4) is 0 Å². The molecule has 2 atom stereocenters. The van der Waals surface area contributed by atoms with Crippen molar-refractivity contribution in [2.24, 2.45) is 0 Å². The normalized spacial score (nSPS) is 25.2. The maximum Gasteiger partial charge on any atom is 0.173 e. The van der Waals surface area contributed by atoms with Gasteiger partial charge in [0.25, 0.3) is 0 Å². The molecule has 0 unspecified atom stereocenters. The van der Waals surface area contributed by atoms with Gasteiger partial charge in [-0.2, -0.15) is 0 Å². The van der Waals surface area contributed by atoms with Crippen LogP contribution >= 0.6 is 0 Å². The number of hydrogen-bond acceptors (Lipinski definition) is 6. The van der Waals surface area contributed by atoms with Gasteiger partial charge in [-0.25, -0.2) is 4.68 Å². The fraction of sp³-hybridized carbons (Fsp3) is 0.696. The number of tetrazole rings is 1. The molecule has 2 saturated heterocycles. The van der Waals surface area contributed by atoms with Gasteiger partial charge in [-0.1, -0.05) is 42.7 Å². The summed E-state index contributed by atoms with van der Waals surface area (Å²) < 4.78 is 7.85. The highest BCUT2D eigenvalue weighted by Gasteiger charge is 2.33. The molecule has 3 heterocycles. The molecule has 3 aliphatic rings. The van der Waals surface area contributed by atoms with Gasteiger partial charge < -0.3 is 4.74 Å². The Labute approximate surface area is 179 Å². The third-order valence-corrected chi connectivity index (χ3v) is 7.15. The lowest BCUT2D eigenvalue weighted by Gasteiger charge is -2.41. The Bertz CT molecular complexity index is 801. The van der Waals surface area contributed by atoms with Gasteiger partial charge in [-0.05, 0) is 48.6 Å². The second-order valence-corrected chi connectivity index (χ2v) is 9.18. The lowest BCUT2D eigenvalue weighted by Crippen LogP contribution is -2.51. The van der Waals surface area contributed by atoms with Gasteiger partial charge in [0.2, 0.25) is 0 Å². The quantitative estimate of drug-likeness (QED) is 0.730. The van der Waals surface area contributed by atoms with Gasteiger partial charge in [0.15, 0.2) is 5.82 Å². The third kappa shape index (κ3) is 4.29. The van der Waals surface area contributed by atoms with E-state index in [9.17, 15) is 0 Å². The van der Waals surface area contributed by atoms with E-state index in [1.807, 2.05) is 4.68 Å². The molecular weight excluding hydrogens is 376 g/mol. The molecule has 2 aliphatic heterocycles. The Morgan fingerprint density at radius 3 is 2.47 bits per heavy atom. The van der Waals surface area contributed by atoms with Crippen LogP contribution in [0, 0.1) is 6.92 Å². The van der Waals surface area contributed by atoms with Gasteiger partial charge >= 0.3 is 0 Å². The zero-order valence-electron chi connectivity index (χ0n) is 18.1. The Morgan fingerprint density at radius 2 is 1.77 bits per heavy atom. The highest BCUT2D eigenvalue weighted by molar-refractivity contribution is 5.28. The molecule has 0 bridgehead atoms. The second kappa shape index (κ2) is 9.12. The number of hydrogen-bond donors (Lipinski definition) is 0. The summed E-state index contributed by atoms with van der Waals surface area (Å²) in [6.07, 6.45) is 8.00. The van der Waals surface area contributed by atoms with Gasteiger partial charge in [0.1, 0.15) is 0 Å². The van der Waals surface area contributed by atoms with Crippen molar-refractivity contribution in [2.45, 2.75) is 70.2 Å². The van der Waals surface area contributed by atoms with E-state index in [1.165, 1.54) is 36.8 Å². The highest BCUT2D eigenvalue weighted by Crippen LogP contribution is 2.31. The molecule has 0 radical (unpaired) electrons. The summed E-state index contributed by atoms with van der Waals surface area (Å²) in [4.78, 5) is 5.29. The molecule has 1 aromatic carbocycles. The van der Waals surface area contributed by atoms with Crippen molar-refractivity contribution in [3.05, 3.63) is 41.2 Å². The summed E-state index contributed by atoms with van der Waals surface area (Å²) in [5.41, 5.74) is 2.56. The van der Waals surface area contributed by atoms with Crippen molar-refractivity contribution in [1.82, 2.24) is 30.0 Å². The largest absolute Gasteiger partial charge is 0.376 e. The number of benzene rings is 1. The number of rotatable bonds is 6. The van der Waals surface area contributed by atoms with Crippen LogP contribution in [-0.2, 0) is 11.3 Å². The summed E-state index contributed by atoms with van der Waals surface area (Å²) >= 11 is 0. The average molecular weight is 411 g/mol. The molecule has 30 heavy (non-hydrogen) atoms. The number of ether oxygens (including phenoxy) is 1. The monoisotopic (exact) mass is 410 g/mol. The Hall–Kier alpha value is -1.83. The second-order valence-electron chi connectivity index (χ2n) is 9.18. The van der Waals surface area contributed by atoms with Crippen LogP contribution in [0.1, 0.15) is 61.5 Å². The van der Waals surface area contributed by atoms with E-state index < -0.39 is 0 Å². The summed E-state index contributed by atoms with van der Waals surface area (Å²) in [6.45, 7) is 8.13. The fourth-order valence-electron chi connectivity index (χ4n) is 5.42. The van der Waals surface area contributed by atoms with Crippen LogP contribution in [0.5, 0.6) is 0 Å². The predicted molar refractivity (Wildman–Crippen MR) is 115 cm³/mol. The van der Waals surface area contributed by atoms with Gasteiger partial charge in [-0.15, -0.1) is 5.10 Å². The number of aromatic nitrogens is 4. The molecule has 3 fully saturated rings. The molecule has 7 nitrogen and oxygen atoms in total. The molecule has 5 rings (SSSR count). The molecule has 0 N–H and O–H groups in total. The first kappa shape index (κ1) is 20.1. The minimum atomic E-state index is 0.0905. The van der Waals surface area contributed by atoms with Crippen molar-refractivity contribution in [1.29, 1.82) is 0 Å². The molecule has 1 saturated carbocycles. The van der Waals surface area contributed by atoms with Crippen molar-refractivity contribution < 1.29 is 4.74 Å². The lowest BCUT2D eigenvalue weighted by atomic mass is 10.0. The van der Waals surface area contributed by atoms with E-state index in [1.54, 1.807) is 0 Å². The highest BCUT2D eigenvalue weighted by atomic mass is 16.5. The van der Waals surface area contributed by atoms with E-state index >= 15 is 0 Å². The number of aryl methyl sites for hydroxylation is 1. The first-order valence-corrected chi connectivity index (χ1v) is 11.7. The molecule has 7 heteroatoms. The molecule has 2 aromatic rings. The van der Waals surface area contributed by atoms with Crippen LogP contribution in [0.25, 0.3) is 0 Å². The smallest absolute Gasteiger partial charge is 0.173 e. The van der Waals surface area contributed by atoms with Crippen LogP contribution in [0.2, 0.25) is 0 Å². The molecular formula is C23H34N6O. The zero-order chi connectivity index (χ0) is 20.3. The summed E-state index contributed by atoms with van der Waals surface area (Å²) in [5.74, 6) is 0.948. The summed E-state index contributed by atoms with van der Waals surface area (Å²) in [6, 6.07) is 9.78. The van der Waals surface area contributed by atoms with Crippen LogP contribution in [0.15, 0.2) is 24.3 Å². The van der Waals surface area contributed by atoms with E-state index in [0.717, 1.165) is 64.0 Å². The number of piperazine rings is 1. The third-order valence-electron chi connectivity index (χ3n) is 7.15. The molecule has 1 aromatic heterocycles. The van der Waals surface area contributed by atoms with Crippen molar-refractivity contribution in [2.75, 3.05) is 32.8 Å². The summed E-state index contributed by atoms with van der Waals surface area (Å²) in [7, 11) is 0. The Balaban J connectivity index is 1.38. The van der Waals surface area contributed by atoms with Gasteiger partial charge in [0, 0.05) is 38.8 Å². The molecule has 0 amide bonds. The topological polar surface area (TPSA) is 59.3 Å². The van der Waals surface area contributed by atoms with Crippen molar-refractivity contribution in [3.63, 3.8) is 0 Å². The average Bonchev–Trinajstić information content (AvgIpc) is 3.54. The SMILES string of the molecule is Cc1ccc([C@@H](c2nnnn2C[C@@H]2CCCO2)N2CCN(C3CCCC3)CC2)cc1. The van der Waals surface area contributed by atoms with Crippen LogP contribution in [-0.4, -0.2) is 74.9 Å². The maximum absolute atomic E-state index is 5.86. The van der Waals surface area contributed by atoms with Crippen molar-refractivity contribution >= 4 is 0 Å². The first-order valence-electron chi connectivity index (χ1n) is 11.7. The van der Waals surface area contributed by atoms with Gasteiger partial charge in [0.05, 0.1) is 18.7 Å². The van der Waals surface area contributed by atoms with E-state index in [-0.39, 0.29) is 12.1 Å². The minimum absolute atomic E-state index is 0.0905. The van der Waals surface area contributed by atoms with E-state index in [2.05, 4.69) is 56.5 Å². The minimum Gasteiger partial charge on any atom is -0.376 e. The van der Waals surface area contributed by atoms with Crippen LogP contribution < -0.4 is 0 Å². The van der Waals surface area contributed by atoms with E-state index in [4.69, 9.17) is 4.74 Å². The van der Waals surface area contributed by atoms with Gasteiger partial charge in [-0.3, -0.25) is 9.80 Å².